The average molecular weight is 403 g/mol. The van der Waals surface area contributed by atoms with Crippen LogP contribution in [0.4, 0.5) is 10.1 Å². The number of nitrogens with one attached hydrogen (secondary N) is 3. The molecule has 0 aliphatic heterocycles. The molecule has 0 radical (unpaired) electrons. The predicted molar refractivity (Wildman–Crippen MR) is 112 cm³/mol. The number of benzene rings is 2. The Balaban J connectivity index is 1.85. The highest BCUT2D eigenvalue weighted by Crippen LogP contribution is 2.28. The Hall–Kier alpha value is -3.13. The molecule has 2 rings (SSSR count). The highest BCUT2D eigenvalue weighted by Gasteiger charge is 2.05. The summed E-state index contributed by atoms with van der Waals surface area (Å²) in [6, 6.07) is 11.1. The summed E-state index contributed by atoms with van der Waals surface area (Å²) < 4.78 is 23.8. The van der Waals surface area contributed by atoms with Gasteiger partial charge in [0.25, 0.3) is 5.91 Å². The maximum absolute atomic E-state index is 12.9. The van der Waals surface area contributed by atoms with E-state index in [1.54, 1.807) is 25.3 Å². The lowest BCUT2D eigenvalue weighted by molar-refractivity contribution is -0.116. The second kappa shape index (κ2) is 10.9. The largest absolute Gasteiger partial charge is 0.493 e. The molecule has 3 N–H and O–H groups in total. The average Bonchev–Trinajstić information content (AvgIpc) is 2.71. The van der Waals surface area contributed by atoms with E-state index in [9.17, 15) is 9.18 Å². The van der Waals surface area contributed by atoms with Gasteiger partial charge in [0.1, 0.15) is 5.82 Å². The minimum atomic E-state index is -0.395. The third kappa shape index (κ3) is 6.88. The van der Waals surface area contributed by atoms with Gasteiger partial charge in [0.2, 0.25) is 0 Å². The summed E-state index contributed by atoms with van der Waals surface area (Å²) in [5.41, 5.74) is 6.39. The zero-order valence-electron chi connectivity index (χ0n) is 15.6. The molecule has 0 aromatic heterocycles. The number of halogens is 1. The van der Waals surface area contributed by atoms with Crippen LogP contribution >= 0.6 is 12.2 Å². The van der Waals surface area contributed by atoms with Crippen LogP contribution in [0.1, 0.15) is 18.9 Å². The van der Waals surface area contributed by atoms with Gasteiger partial charge in [0.05, 0.1) is 13.7 Å². The van der Waals surface area contributed by atoms with Gasteiger partial charge in [-0.1, -0.05) is 13.0 Å². The number of ether oxygens (including phenoxy) is 2. The van der Waals surface area contributed by atoms with E-state index in [4.69, 9.17) is 21.7 Å². The number of anilines is 1. The number of carbonyl (C=O) groups excluding carboxylic acids is 1. The SMILES string of the molecule is CCCOc1ccc(/C=C/C(=O)NNC(=S)Nc2ccc(F)cc2)cc1OC. The lowest BCUT2D eigenvalue weighted by atomic mass is 10.2. The number of hydrogen-bond donors (Lipinski definition) is 3. The molecule has 0 saturated heterocycles. The van der Waals surface area contributed by atoms with Gasteiger partial charge in [-0.25, -0.2) is 4.39 Å². The van der Waals surface area contributed by atoms with Gasteiger partial charge < -0.3 is 14.8 Å². The van der Waals surface area contributed by atoms with Crippen molar-refractivity contribution in [1.29, 1.82) is 0 Å². The minimum Gasteiger partial charge on any atom is -0.493 e. The fraction of sp³-hybridized carbons (Fsp3) is 0.200. The fourth-order valence-electron chi connectivity index (χ4n) is 2.15. The maximum atomic E-state index is 12.9. The van der Waals surface area contributed by atoms with Crippen LogP contribution in [0, 0.1) is 5.82 Å². The Kier molecular flexibility index (Phi) is 8.23. The van der Waals surface area contributed by atoms with Crippen molar-refractivity contribution in [2.75, 3.05) is 19.0 Å². The van der Waals surface area contributed by atoms with Crippen molar-refractivity contribution < 1.29 is 18.7 Å². The monoisotopic (exact) mass is 403 g/mol. The molecule has 2 aromatic rings. The van der Waals surface area contributed by atoms with Crippen molar-refractivity contribution in [3.05, 3.63) is 59.9 Å². The molecule has 148 valence electrons. The van der Waals surface area contributed by atoms with Crippen molar-refractivity contribution in [1.82, 2.24) is 10.9 Å². The number of hydrogen-bond acceptors (Lipinski definition) is 4. The second-order valence-corrected chi connectivity index (χ2v) is 6.08. The van der Waals surface area contributed by atoms with Gasteiger partial charge in [-0.05, 0) is 66.7 Å². The van der Waals surface area contributed by atoms with E-state index in [0.29, 0.717) is 23.8 Å². The molecule has 0 bridgehead atoms. The third-order valence-corrected chi connectivity index (χ3v) is 3.68. The molecule has 0 spiro atoms. The number of hydrazine groups is 1. The van der Waals surface area contributed by atoms with Crippen LogP contribution in [-0.2, 0) is 4.79 Å². The van der Waals surface area contributed by atoms with Gasteiger partial charge in [-0.3, -0.25) is 15.6 Å². The summed E-state index contributed by atoms with van der Waals surface area (Å²) in [6.07, 6.45) is 3.89. The second-order valence-electron chi connectivity index (χ2n) is 5.67. The van der Waals surface area contributed by atoms with Gasteiger partial charge in [0, 0.05) is 11.8 Å². The van der Waals surface area contributed by atoms with Crippen LogP contribution in [0.2, 0.25) is 0 Å². The summed E-state index contributed by atoms with van der Waals surface area (Å²) >= 11 is 5.06. The first-order valence-corrected chi connectivity index (χ1v) is 9.04. The number of carbonyl (C=O) groups is 1. The van der Waals surface area contributed by atoms with Gasteiger partial charge in [0.15, 0.2) is 16.6 Å². The molecule has 2 aromatic carbocycles. The van der Waals surface area contributed by atoms with Crippen molar-refractivity contribution in [2.45, 2.75) is 13.3 Å². The molecular weight excluding hydrogens is 381 g/mol. The van der Waals surface area contributed by atoms with E-state index < -0.39 is 5.91 Å². The molecule has 0 aliphatic rings. The van der Waals surface area contributed by atoms with E-state index in [-0.39, 0.29) is 10.9 Å². The molecule has 0 aliphatic carbocycles. The van der Waals surface area contributed by atoms with E-state index in [1.807, 2.05) is 13.0 Å². The van der Waals surface area contributed by atoms with Crippen molar-refractivity contribution >= 4 is 35.0 Å². The molecule has 0 atom stereocenters. The first kappa shape index (κ1) is 21.2. The first-order valence-electron chi connectivity index (χ1n) is 8.63. The lowest BCUT2D eigenvalue weighted by Crippen LogP contribution is -2.43. The Bertz CT molecular complexity index is 841. The Morgan fingerprint density at radius 3 is 2.57 bits per heavy atom. The van der Waals surface area contributed by atoms with Crippen molar-refractivity contribution in [3.63, 3.8) is 0 Å². The molecule has 28 heavy (non-hydrogen) atoms. The smallest absolute Gasteiger partial charge is 0.262 e. The standard InChI is InChI=1S/C20H22FN3O3S/c1-3-12-27-17-10-4-14(13-18(17)26-2)5-11-19(25)23-24-20(28)22-16-8-6-15(21)7-9-16/h4-11,13H,3,12H2,1-2H3,(H,23,25)(H2,22,24,28)/b11-5+. The molecule has 6 nitrogen and oxygen atoms in total. The molecule has 0 heterocycles. The molecule has 0 saturated carbocycles. The van der Waals surface area contributed by atoms with Gasteiger partial charge >= 0.3 is 0 Å². The Morgan fingerprint density at radius 2 is 1.89 bits per heavy atom. The van der Waals surface area contributed by atoms with Crippen molar-refractivity contribution in [3.8, 4) is 11.5 Å². The fourth-order valence-corrected chi connectivity index (χ4v) is 2.32. The van der Waals surface area contributed by atoms with Crippen LogP contribution in [0.5, 0.6) is 11.5 Å². The quantitative estimate of drug-likeness (QED) is 0.372. The first-order chi connectivity index (χ1) is 13.5. The molecule has 8 heteroatoms. The zero-order valence-corrected chi connectivity index (χ0v) is 16.4. The van der Waals surface area contributed by atoms with Gasteiger partial charge in [-0.15, -0.1) is 0 Å². The summed E-state index contributed by atoms with van der Waals surface area (Å²) in [4.78, 5) is 11.9. The summed E-state index contributed by atoms with van der Waals surface area (Å²) in [7, 11) is 1.56. The number of methoxy groups -OCH3 is 1. The van der Waals surface area contributed by atoms with Crippen LogP contribution in [-0.4, -0.2) is 24.7 Å². The minimum absolute atomic E-state index is 0.174. The van der Waals surface area contributed by atoms with Crippen LogP contribution < -0.4 is 25.6 Å². The van der Waals surface area contributed by atoms with Gasteiger partial charge in [-0.2, -0.15) is 0 Å². The van der Waals surface area contributed by atoms with E-state index in [0.717, 1.165) is 12.0 Å². The van der Waals surface area contributed by atoms with E-state index >= 15 is 0 Å². The van der Waals surface area contributed by atoms with Crippen molar-refractivity contribution in [2.24, 2.45) is 0 Å². The maximum Gasteiger partial charge on any atom is 0.262 e. The molecule has 0 unspecified atom stereocenters. The number of amides is 1. The lowest BCUT2D eigenvalue weighted by Gasteiger charge is -2.11. The van der Waals surface area contributed by atoms with Crippen LogP contribution in [0.25, 0.3) is 6.08 Å². The van der Waals surface area contributed by atoms with Crippen LogP contribution in [0.15, 0.2) is 48.5 Å². The predicted octanol–water partition coefficient (Wildman–Crippen LogP) is 3.65. The molecular formula is C20H22FN3O3S. The third-order valence-electron chi connectivity index (χ3n) is 3.48. The summed E-state index contributed by atoms with van der Waals surface area (Å²) in [5.74, 6) is 0.515. The summed E-state index contributed by atoms with van der Waals surface area (Å²) in [5, 5.41) is 2.99. The topological polar surface area (TPSA) is 71.6 Å². The van der Waals surface area contributed by atoms with E-state index in [1.165, 1.54) is 30.3 Å². The Labute approximate surface area is 168 Å². The Morgan fingerprint density at radius 1 is 1.14 bits per heavy atom. The highest BCUT2D eigenvalue weighted by molar-refractivity contribution is 7.80. The van der Waals surface area contributed by atoms with Crippen LogP contribution in [0.3, 0.4) is 0 Å². The highest BCUT2D eigenvalue weighted by atomic mass is 32.1. The number of rotatable bonds is 7. The molecule has 1 amide bonds. The normalized spacial score (nSPS) is 10.4. The zero-order chi connectivity index (χ0) is 20.4. The molecule has 0 fully saturated rings. The van der Waals surface area contributed by atoms with E-state index in [2.05, 4.69) is 16.2 Å². The summed E-state index contributed by atoms with van der Waals surface area (Å²) in [6.45, 7) is 2.63. The number of thiocarbonyl (C=S) groups is 1.